The largest absolute Gasteiger partial charge is 0.456 e. The summed E-state index contributed by atoms with van der Waals surface area (Å²) in [7, 11) is 0. The van der Waals surface area contributed by atoms with E-state index in [-0.39, 0.29) is 19.1 Å². The summed E-state index contributed by atoms with van der Waals surface area (Å²) in [5.41, 5.74) is 2.22. The SMILES string of the molecule is CSc1ccc(C2NC(=O)N(CC(=O)Nc3ccccc3)C3=C2C(=O)OC3)cc1. The molecule has 2 aliphatic heterocycles. The Labute approximate surface area is 172 Å². The van der Waals surface area contributed by atoms with Crippen LogP contribution in [0.15, 0.2) is 70.8 Å². The molecule has 7 nitrogen and oxygen atoms in total. The van der Waals surface area contributed by atoms with Crippen LogP contribution in [0.2, 0.25) is 0 Å². The quantitative estimate of drug-likeness (QED) is 0.586. The van der Waals surface area contributed by atoms with E-state index in [2.05, 4.69) is 10.6 Å². The maximum atomic E-state index is 12.8. The number of nitrogens with one attached hydrogen (secondary N) is 2. The molecule has 3 amide bonds. The smallest absolute Gasteiger partial charge is 0.338 e. The van der Waals surface area contributed by atoms with Crippen molar-refractivity contribution in [2.45, 2.75) is 10.9 Å². The van der Waals surface area contributed by atoms with Crippen LogP contribution in [0.4, 0.5) is 10.5 Å². The Hall–Kier alpha value is -3.26. The number of rotatable bonds is 5. The number of cyclic esters (lactones) is 1. The highest BCUT2D eigenvalue weighted by Gasteiger charge is 2.42. The predicted molar refractivity (Wildman–Crippen MR) is 109 cm³/mol. The van der Waals surface area contributed by atoms with Gasteiger partial charge in [-0.2, -0.15) is 0 Å². The second-order valence-electron chi connectivity index (χ2n) is 6.59. The van der Waals surface area contributed by atoms with Crippen molar-refractivity contribution in [2.24, 2.45) is 0 Å². The van der Waals surface area contributed by atoms with E-state index in [1.54, 1.807) is 36.0 Å². The number of anilines is 1. The number of esters is 1. The molecule has 148 valence electrons. The molecule has 0 saturated heterocycles. The summed E-state index contributed by atoms with van der Waals surface area (Å²) in [4.78, 5) is 39.9. The van der Waals surface area contributed by atoms with E-state index in [1.165, 1.54) is 4.90 Å². The molecule has 2 aromatic carbocycles. The van der Waals surface area contributed by atoms with Gasteiger partial charge < -0.3 is 15.4 Å². The Morgan fingerprint density at radius 2 is 1.90 bits per heavy atom. The Bertz CT molecular complexity index is 989. The number of benzene rings is 2. The zero-order chi connectivity index (χ0) is 20.4. The summed E-state index contributed by atoms with van der Waals surface area (Å²) in [6.07, 6.45) is 1.98. The average molecular weight is 409 g/mol. The number of hydrogen-bond donors (Lipinski definition) is 2. The fourth-order valence-corrected chi connectivity index (χ4v) is 3.80. The number of urea groups is 1. The Morgan fingerprint density at radius 1 is 1.17 bits per heavy atom. The zero-order valence-electron chi connectivity index (χ0n) is 15.7. The van der Waals surface area contributed by atoms with E-state index in [1.807, 2.05) is 36.6 Å². The number of carbonyl (C=O) groups excluding carboxylic acids is 3. The van der Waals surface area contributed by atoms with Gasteiger partial charge in [-0.25, -0.2) is 9.59 Å². The number of nitrogens with zero attached hydrogens (tertiary/aromatic N) is 1. The first-order chi connectivity index (χ1) is 14.1. The van der Waals surface area contributed by atoms with Crippen molar-refractivity contribution in [3.63, 3.8) is 0 Å². The van der Waals surface area contributed by atoms with Gasteiger partial charge in [0, 0.05) is 10.6 Å². The highest BCUT2D eigenvalue weighted by molar-refractivity contribution is 7.98. The van der Waals surface area contributed by atoms with E-state index in [9.17, 15) is 14.4 Å². The number of thioether (sulfide) groups is 1. The van der Waals surface area contributed by atoms with Gasteiger partial charge in [0.1, 0.15) is 13.2 Å². The molecule has 0 saturated carbocycles. The molecule has 2 heterocycles. The molecule has 1 unspecified atom stereocenters. The molecule has 0 aromatic heterocycles. The van der Waals surface area contributed by atoms with Crippen molar-refractivity contribution in [1.82, 2.24) is 10.2 Å². The van der Waals surface area contributed by atoms with Gasteiger partial charge in [0.15, 0.2) is 0 Å². The second-order valence-corrected chi connectivity index (χ2v) is 7.47. The molecule has 0 fully saturated rings. The molecule has 0 radical (unpaired) electrons. The first-order valence-electron chi connectivity index (χ1n) is 9.04. The van der Waals surface area contributed by atoms with Gasteiger partial charge >= 0.3 is 12.0 Å². The van der Waals surface area contributed by atoms with Crippen molar-refractivity contribution in [2.75, 3.05) is 24.7 Å². The molecule has 2 aromatic rings. The summed E-state index contributed by atoms with van der Waals surface area (Å²) >= 11 is 1.61. The highest BCUT2D eigenvalue weighted by atomic mass is 32.2. The van der Waals surface area contributed by atoms with Crippen LogP contribution >= 0.6 is 11.8 Å². The first kappa shape index (κ1) is 19.1. The lowest BCUT2D eigenvalue weighted by atomic mass is 9.96. The molecule has 29 heavy (non-hydrogen) atoms. The Kier molecular flexibility index (Phi) is 5.26. The normalized spacial score (nSPS) is 18.2. The summed E-state index contributed by atoms with van der Waals surface area (Å²) in [6, 6.07) is 15.6. The highest BCUT2D eigenvalue weighted by Crippen LogP contribution is 2.35. The van der Waals surface area contributed by atoms with E-state index in [0.717, 1.165) is 10.5 Å². The number of para-hydroxylation sites is 1. The molecule has 4 rings (SSSR count). The van der Waals surface area contributed by atoms with Crippen molar-refractivity contribution < 1.29 is 19.1 Å². The molecule has 2 aliphatic rings. The van der Waals surface area contributed by atoms with Crippen molar-refractivity contribution >= 4 is 35.4 Å². The molecule has 8 heteroatoms. The van der Waals surface area contributed by atoms with E-state index >= 15 is 0 Å². The fourth-order valence-electron chi connectivity index (χ4n) is 3.39. The fraction of sp³-hybridized carbons (Fsp3) is 0.190. The third-order valence-electron chi connectivity index (χ3n) is 4.81. The van der Waals surface area contributed by atoms with Gasteiger partial charge in [-0.1, -0.05) is 30.3 Å². The maximum Gasteiger partial charge on any atom is 0.338 e. The molecule has 2 N–H and O–H groups in total. The van der Waals surface area contributed by atoms with E-state index < -0.39 is 18.0 Å². The minimum Gasteiger partial charge on any atom is -0.456 e. The number of amides is 3. The van der Waals surface area contributed by atoms with Gasteiger partial charge in [0.2, 0.25) is 5.91 Å². The average Bonchev–Trinajstić information content (AvgIpc) is 3.12. The van der Waals surface area contributed by atoms with E-state index in [0.29, 0.717) is 17.0 Å². The summed E-state index contributed by atoms with van der Waals surface area (Å²) in [6.45, 7) is -0.242. The van der Waals surface area contributed by atoms with Crippen LogP contribution in [-0.2, 0) is 14.3 Å². The summed E-state index contributed by atoms with van der Waals surface area (Å²) in [5, 5.41) is 5.58. The minimum absolute atomic E-state index is 0.0282. The van der Waals surface area contributed by atoms with Gasteiger partial charge in [-0.3, -0.25) is 9.69 Å². The molecule has 1 atom stereocenters. The Morgan fingerprint density at radius 3 is 2.59 bits per heavy atom. The number of ether oxygens (including phenoxy) is 1. The summed E-state index contributed by atoms with van der Waals surface area (Å²) in [5.74, 6) is -0.840. The first-order valence-corrected chi connectivity index (χ1v) is 10.3. The molecule has 0 aliphatic carbocycles. The monoisotopic (exact) mass is 409 g/mol. The van der Waals surface area contributed by atoms with Crippen molar-refractivity contribution in [1.29, 1.82) is 0 Å². The maximum absolute atomic E-state index is 12.8. The van der Waals surface area contributed by atoms with Gasteiger partial charge in [0.25, 0.3) is 0 Å². The lowest BCUT2D eigenvalue weighted by Gasteiger charge is -2.32. The number of hydrogen-bond acceptors (Lipinski definition) is 5. The zero-order valence-corrected chi connectivity index (χ0v) is 16.5. The van der Waals surface area contributed by atoms with Gasteiger partial charge in [0.05, 0.1) is 17.3 Å². The van der Waals surface area contributed by atoms with Crippen LogP contribution in [-0.4, -0.2) is 42.2 Å². The van der Waals surface area contributed by atoms with Crippen LogP contribution in [0.1, 0.15) is 11.6 Å². The second kappa shape index (κ2) is 8.00. The van der Waals surface area contributed by atoms with Crippen LogP contribution in [0.5, 0.6) is 0 Å². The van der Waals surface area contributed by atoms with Gasteiger partial charge in [-0.15, -0.1) is 11.8 Å². The standard InChI is InChI=1S/C21H19N3O4S/c1-29-15-9-7-13(8-10-15)19-18-16(12-28-20(18)26)24(21(27)23-19)11-17(25)22-14-5-3-2-4-6-14/h2-10,19H,11-12H2,1H3,(H,22,25)(H,23,27). The van der Waals surface area contributed by atoms with Crippen LogP contribution in [0.3, 0.4) is 0 Å². The molecular formula is C21H19N3O4S. The van der Waals surface area contributed by atoms with Crippen LogP contribution in [0, 0.1) is 0 Å². The van der Waals surface area contributed by atoms with Crippen LogP contribution in [0.25, 0.3) is 0 Å². The topological polar surface area (TPSA) is 87.7 Å². The minimum atomic E-state index is -0.600. The Balaban J connectivity index is 1.59. The van der Waals surface area contributed by atoms with E-state index in [4.69, 9.17) is 4.74 Å². The van der Waals surface area contributed by atoms with Gasteiger partial charge in [-0.05, 0) is 36.1 Å². The predicted octanol–water partition coefficient (Wildman–Crippen LogP) is 2.92. The lowest BCUT2D eigenvalue weighted by Crippen LogP contribution is -2.49. The number of carbonyl (C=O) groups is 3. The molecular weight excluding hydrogens is 390 g/mol. The summed E-state index contributed by atoms with van der Waals surface area (Å²) < 4.78 is 5.19. The van der Waals surface area contributed by atoms with Crippen LogP contribution < -0.4 is 10.6 Å². The third kappa shape index (κ3) is 3.84. The third-order valence-corrected chi connectivity index (χ3v) is 5.55. The molecule has 0 bridgehead atoms. The molecule has 0 spiro atoms. The van der Waals surface area contributed by atoms with Crippen molar-refractivity contribution in [3.05, 3.63) is 71.4 Å². The lowest BCUT2D eigenvalue weighted by molar-refractivity contribution is -0.136. The van der Waals surface area contributed by atoms with Crippen molar-refractivity contribution in [3.8, 4) is 0 Å².